The van der Waals surface area contributed by atoms with Crippen LogP contribution in [-0.2, 0) is 0 Å². The van der Waals surface area contributed by atoms with E-state index in [-0.39, 0.29) is 11.8 Å². The van der Waals surface area contributed by atoms with Crippen LogP contribution in [0.25, 0.3) is 0 Å². The Morgan fingerprint density at radius 3 is 3.00 bits per heavy atom. The molecule has 0 saturated heterocycles. The van der Waals surface area contributed by atoms with Crippen molar-refractivity contribution < 1.29 is 4.79 Å². The molecule has 1 rings (SSSR count). The number of nitrogens with zero attached hydrogens (tertiary/aromatic N) is 1. The molecule has 0 saturated carbocycles. The lowest BCUT2D eigenvalue weighted by atomic mass is 10.2. The van der Waals surface area contributed by atoms with Crippen LogP contribution in [0.15, 0.2) is 22.9 Å². The zero-order chi connectivity index (χ0) is 11.3. The van der Waals surface area contributed by atoms with Crippen molar-refractivity contribution in [2.75, 3.05) is 12.4 Å². The largest absolute Gasteiger partial charge is 0.352 e. The summed E-state index contributed by atoms with van der Waals surface area (Å²) in [6, 6.07) is 1.73. The van der Waals surface area contributed by atoms with Gasteiger partial charge < -0.3 is 5.32 Å². The molecule has 1 amide bonds. The molecule has 0 aliphatic rings. The number of hydrogen-bond acceptors (Lipinski definition) is 2. The molecular formula is C10H12BrClN2O. The second-order valence-corrected chi connectivity index (χ2v) is 4.59. The molecule has 1 aromatic rings. The van der Waals surface area contributed by atoms with E-state index < -0.39 is 0 Å². The Morgan fingerprint density at radius 2 is 2.40 bits per heavy atom. The number of rotatable bonds is 4. The van der Waals surface area contributed by atoms with Gasteiger partial charge in [-0.25, -0.2) is 0 Å². The molecule has 0 bridgehead atoms. The fraction of sp³-hybridized carbons (Fsp3) is 0.400. The summed E-state index contributed by atoms with van der Waals surface area (Å²) in [7, 11) is 0. The van der Waals surface area contributed by atoms with Gasteiger partial charge in [-0.05, 0) is 27.9 Å². The van der Waals surface area contributed by atoms with Gasteiger partial charge in [0, 0.05) is 29.3 Å². The van der Waals surface area contributed by atoms with E-state index in [4.69, 9.17) is 11.6 Å². The summed E-state index contributed by atoms with van der Waals surface area (Å²) in [6.45, 7) is 2.56. The van der Waals surface area contributed by atoms with Gasteiger partial charge in [-0.1, -0.05) is 6.92 Å². The molecule has 3 nitrogen and oxygen atoms in total. The van der Waals surface area contributed by atoms with Crippen molar-refractivity contribution in [1.29, 1.82) is 0 Å². The van der Waals surface area contributed by atoms with E-state index in [1.54, 1.807) is 12.3 Å². The predicted octanol–water partition coefficient (Wildman–Crippen LogP) is 2.45. The number of carbonyl (C=O) groups excluding carboxylic acids is 1. The average molecular weight is 292 g/mol. The third-order valence-corrected chi connectivity index (χ3v) is 2.80. The number of carbonyl (C=O) groups is 1. The van der Waals surface area contributed by atoms with Crippen LogP contribution < -0.4 is 5.32 Å². The number of nitrogens with one attached hydrogen (secondary N) is 1. The van der Waals surface area contributed by atoms with Crippen molar-refractivity contribution in [1.82, 2.24) is 10.3 Å². The van der Waals surface area contributed by atoms with Crippen LogP contribution in [0.1, 0.15) is 17.3 Å². The van der Waals surface area contributed by atoms with Gasteiger partial charge in [0.15, 0.2) is 0 Å². The van der Waals surface area contributed by atoms with Gasteiger partial charge >= 0.3 is 0 Å². The van der Waals surface area contributed by atoms with Gasteiger partial charge in [0.2, 0.25) is 0 Å². The summed E-state index contributed by atoms with van der Waals surface area (Å²) < 4.78 is 0.792. The quantitative estimate of drug-likeness (QED) is 0.866. The molecule has 1 N–H and O–H groups in total. The molecule has 1 aromatic heterocycles. The second kappa shape index (κ2) is 6.08. The van der Waals surface area contributed by atoms with Crippen molar-refractivity contribution in [3.8, 4) is 0 Å². The normalized spacial score (nSPS) is 12.2. The molecule has 15 heavy (non-hydrogen) atoms. The molecule has 0 fully saturated rings. The number of amides is 1. The standard InChI is InChI=1S/C10H12BrClN2O/c1-7(3-12)4-14-10(15)8-2-9(11)6-13-5-8/h2,5-7H,3-4H2,1H3,(H,14,15). The van der Waals surface area contributed by atoms with Gasteiger partial charge in [-0.3, -0.25) is 9.78 Å². The zero-order valence-electron chi connectivity index (χ0n) is 8.34. The van der Waals surface area contributed by atoms with Crippen LogP contribution in [0, 0.1) is 5.92 Å². The summed E-state index contributed by atoms with van der Waals surface area (Å²) in [5.74, 6) is 0.688. The first-order valence-corrected chi connectivity index (χ1v) is 5.91. The minimum absolute atomic E-state index is 0.124. The minimum Gasteiger partial charge on any atom is -0.352 e. The summed E-state index contributed by atoms with van der Waals surface area (Å²) in [5.41, 5.74) is 0.547. The molecule has 1 heterocycles. The molecule has 1 atom stereocenters. The van der Waals surface area contributed by atoms with E-state index in [1.807, 2.05) is 6.92 Å². The van der Waals surface area contributed by atoms with Crippen LogP contribution in [0.2, 0.25) is 0 Å². The van der Waals surface area contributed by atoms with Crippen molar-refractivity contribution >= 4 is 33.4 Å². The fourth-order valence-electron chi connectivity index (χ4n) is 0.960. The third-order valence-electron chi connectivity index (χ3n) is 1.84. The lowest BCUT2D eigenvalue weighted by Crippen LogP contribution is -2.28. The number of halogens is 2. The van der Waals surface area contributed by atoms with E-state index in [1.165, 1.54) is 6.20 Å². The van der Waals surface area contributed by atoms with Crippen LogP contribution >= 0.6 is 27.5 Å². The monoisotopic (exact) mass is 290 g/mol. The van der Waals surface area contributed by atoms with E-state index in [9.17, 15) is 4.79 Å². The number of aromatic nitrogens is 1. The molecule has 1 unspecified atom stereocenters. The molecule has 5 heteroatoms. The highest BCUT2D eigenvalue weighted by atomic mass is 79.9. The highest BCUT2D eigenvalue weighted by Gasteiger charge is 2.07. The van der Waals surface area contributed by atoms with Crippen LogP contribution in [0.3, 0.4) is 0 Å². The topological polar surface area (TPSA) is 42.0 Å². The number of pyridine rings is 1. The van der Waals surface area contributed by atoms with Gasteiger partial charge in [-0.15, -0.1) is 11.6 Å². The highest BCUT2D eigenvalue weighted by molar-refractivity contribution is 9.10. The Kier molecular flexibility index (Phi) is 5.05. The molecule has 82 valence electrons. The molecular weight excluding hydrogens is 279 g/mol. The fourth-order valence-corrected chi connectivity index (χ4v) is 1.43. The Balaban J connectivity index is 2.54. The van der Waals surface area contributed by atoms with E-state index in [0.717, 1.165) is 4.47 Å². The lowest BCUT2D eigenvalue weighted by molar-refractivity contribution is 0.0949. The van der Waals surface area contributed by atoms with Crippen molar-refractivity contribution in [2.45, 2.75) is 6.92 Å². The summed E-state index contributed by atoms with van der Waals surface area (Å²) in [4.78, 5) is 15.5. The summed E-state index contributed by atoms with van der Waals surface area (Å²) in [6.07, 6.45) is 3.17. The van der Waals surface area contributed by atoms with Gasteiger partial charge in [0.1, 0.15) is 0 Å². The van der Waals surface area contributed by atoms with Crippen LogP contribution in [0.4, 0.5) is 0 Å². The van der Waals surface area contributed by atoms with Crippen molar-refractivity contribution in [3.63, 3.8) is 0 Å². The van der Waals surface area contributed by atoms with Gasteiger partial charge in [0.05, 0.1) is 5.56 Å². The van der Waals surface area contributed by atoms with Crippen LogP contribution in [-0.4, -0.2) is 23.3 Å². The Bertz CT molecular complexity index is 346. The maximum atomic E-state index is 11.6. The number of alkyl halides is 1. The predicted molar refractivity (Wildman–Crippen MR) is 64.2 cm³/mol. The molecule has 0 aromatic carbocycles. The highest BCUT2D eigenvalue weighted by Crippen LogP contribution is 2.09. The average Bonchev–Trinajstić information content (AvgIpc) is 2.25. The van der Waals surface area contributed by atoms with E-state index in [0.29, 0.717) is 18.0 Å². The Labute approximate surface area is 102 Å². The summed E-state index contributed by atoms with van der Waals surface area (Å²) in [5, 5.41) is 2.79. The first-order chi connectivity index (χ1) is 7.13. The SMILES string of the molecule is CC(CCl)CNC(=O)c1cncc(Br)c1. The lowest BCUT2D eigenvalue weighted by Gasteiger charge is -2.09. The van der Waals surface area contributed by atoms with E-state index >= 15 is 0 Å². The minimum atomic E-state index is -0.124. The Hall–Kier alpha value is -0.610. The summed E-state index contributed by atoms with van der Waals surface area (Å²) >= 11 is 8.90. The van der Waals surface area contributed by atoms with Crippen molar-refractivity contribution in [2.24, 2.45) is 5.92 Å². The van der Waals surface area contributed by atoms with Crippen molar-refractivity contribution in [3.05, 3.63) is 28.5 Å². The maximum Gasteiger partial charge on any atom is 0.252 e. The van der Waals surface area contributed by atoms with Gasteiger partial charge in [-0.2, -0.15) is 0 Å². The second-order valence-electron chi connectivity index (χ2n) is 3.36. The first kappa shape index (κ1) is 12.5. The molecule has 0 radical (unpaired) electrons. The zero-order valence-corrected chi connectivity index (χ0v) is 10.7. The van der Waals surface area contributed by atoms with E-state index in [2.05, 4.69) is 26.2 Å². The maximum absolute atomic E-state index is 11.6. The molecule has 0 aliphatic carbocycles. The molecule has 0 spiro atoms. The van der Waals surface area contributed by atoms with Crippen LogP contribution in [0.5, 0.6) is 0 Å². The third kappa shape index (κ3) is 4.18. The Morgan fingerprint density at radius 1 is 1.67 bits per heavy atom. The number of hydrogen-bond donors (Lipinski definition) is 1. The smallest absolute Gasteiger partial charge is 0.252 e. The molecule has 0 aliphatic heterocycles. The van der Waals surface area contributed by atoms with Gasteiger partial charge in [0.25, 0.3) is 5.91 Å². The first-order valence-electron chi connectivity index (χ1n) is 4.58.